The minimum absolute atomic E-state index is 0.423. The van der Waals surface area contributed by atoms with Crippen molar-refractivity contribution in [2.24, 2.45) is 0 Å². The highest BCUT2D eigenvalue weighted by Gasteiger charge is 2.17. The van der Waals surface area contributed by atoms with E-state index in [9.17, 15) is 0 Å². The van der Waals surface area contributed by atoms with Gasteiger partial charge in [-0.15, -0.1) is 0 Å². The van der Waals surface area contributed by atoms with Crippen molar-refractivity contribution in [3.05, 3.63) is 30.1 Å². The third-order valence-corrected chi connectivity index (χ3v) is 3.26. The predicted molar refractivity (Wildman–Crippen MR) is 64.2 cm³/mol. The lowest BCUT2D eigenvalue weighted by atomic mass is 10.0. The summed E-state index contributed by atoms with van der Waals surface area (Å²) in [5.74, 6) is 0. The van der Waals surface area contributed by atoms with E-state index >= 15 is 0 Å². The number of nitrogens with one attached hydrogen (secondary N) is 1. The predicted octanol–water partition coefficient (Wildman–Crippen LogP) is 2.30. The molecule has 3 heteroatoms. The van der Waals surface area contributed by atoms with E-state index in [0.29, 0.717) is 12.1 Å². The number of ether oxygens (including phenoxy) is 1. The van der Waals surface area contributed by atoms with Gasteiger partial charge in [-0.05, 0) is 50.4 Å². The van der Waals surface area contributed by atoms with Gasteiger partial charge < -0.3 is 10.1 Å². The Morgan fingerprint density at radius 1 is 1.50 bits per heavy atom. The van der Waals surface area contributed by atoms with Gasteiger partial charge in [-0.1, -0.05) is 0 Å². The van der Waals surface area contributed by atoms with Gasteiger partial charge in [-0.3, -0.25) is 4.98 Å². The Kier molecular flexibility index (Phi) is 4.31. The first-order valence-corrected chi connectivity index (χ1v) is 6.09. The molecule has 0 bridgehead atoms. The lowest BCUT2D eigenvalue weighted by molar-refractivity contribution is 0.0998. The fourth-order valence-electron chi connectivity index (χ4n) is 2.30. The number of pyridine rings is 1. The van der Waals surface area contributed by atoms with Crippen LogP contribution in [0.5, 0.6) is 0 Å². The summed E-state index contributed by atoms with van der Waals surface area (Å²) in [6.07, 6.45) is 8.92. The SMILES string of the molecule is CNC(CCC1CCCO1)c1ccncc1. The van der Waals surface area contributed by atoms with E-state index in [2.05, 4.69) is 22.4 Å². The molecule has 0 aliphatic carbocycles. The molecular formula is C13H20N2O. The lowest BCUT2D eigenvalue weighted by Gasteiger charge is -2.18. The minimum atomic E-state index is 0.423. The van der Waals surface area contributed by atoms with Gasteiger partial charge in [-0.2, -0.15) is 0 Å². The van der Waals surface area contributed by atoms with Crippen molar-refractivity contribution in [3.63, 3.8) is 0 Å². The maximum absolute atomic E-state index is 5.64. The summed E-state index contributed by atoms with van der Waals surface area (Å²) in [5.41, 5.74) is 1.32. The van der Waals surface area contributed by atoms with E-state index in [4.69, 9.17) is 4.74 Å². The average Bonchev–Trinajstić information content (AvgIpc) is 2.84. The Morgan fingerprint density at radius 2 is 2.31 bits per heavy atom. The van der Waals surface area contributed by atoms with Crippen LogP contribution in [0, 0.1) is 0 Å². The summed E-state index contributed by atoms with van der Waals surface area (Å²) in [7, 11) is 2.01. The van der Waals surface area contributed by atoms with E-state index in [1.807, 2.05) is 19.4 Å². The Balaban J connectivity index is 1.85. The number of aromatic nitrogens is 1. The molecular weight excluding hydrogens is 200 g/mol. The van der Waals surface area contributed by atoms with Crippen LogP contribution in [0.4, 0.5) is 0 Å². The van der Waals surface area contributed by atoms with Crippen molar-refractivity contribution in [1.82, 2.24) is 10.3 Å². The van der Waals surface area contributed by atoms with Crippen molar-refractivity contribution >= 4 is 0 Å². The van der Waals surface area contributed by atoms with Crippen molar-refractivity contribution in [3.8, 4) is 0 Å². The van der Waals surface area contributed by atoms with Gasteiger partial charge in [0.2, 0.25) is 0 Å². The number of hydrogen-bond acceptors (Lipinski definition) is 3. The zero-order valence-electron chi connectivity index (χ0n) is 9.86. The molecule has 1 fully saturated rings. The van der Waals surface area contributed by atoms with Crippen LogP contribution in [0.2, 0.25) is 0 Å². The van der Waals surface area contributed by atoms with Gasteiger partial charge in [0, 0.05) is 25.0 Å². The van der Waals surface area contributed by atoms with Gasteiger partial charge in [0.05, 0.1) is 6.10 Å². The molecule has 1 N–H and O–H groups in total. The first-order chi connectivity index (χ1) is 7.90. The molecule has 0 spiro atoms. The van der Waals surface area contributed by atoms with Crippen molar-refractivity contribution < 1.29 is 4.74 Å². The quantitative estimate of drug-likeness (QED) is 0.826. The second-order valence-corrected chi connectivity index (χ2v) is 4.33. The van der Waals surface area contributed by atoms with Crippen molar-refractivity contribution in [2.75, 3.05) is 13.7 Å². The zero-order valence-corrected chi connectivity index (χ0v) is 9.86. The average molecular weight is 220 g/mol. The molecule has 1 saturated heterocycles. The third kappa shape index (κ3) is 3.03. The second-order valence-electron chi connectivity index (χ2n) is 4.33. The van der Waals surface area contributed by atoms with Gasteiger partial charge in [-0.25, -0.2) is 0 Å². The molecule has 2 unspecified atom stereocenters. The molecule has 0 saturated carbocycles. The van der Waals surface area contributed by atoms with Gasteiger partial charge in [0.25, 0.3) is 0 Å². The lowest BCUT2D eigenvalue weighted by Crippen LogP contribution is -2.18. The maximum atomic E-state index is 5.64. The summed E-state index contributed by atoms with van der Waals surface area (Å²) in [4.78, 5) is 4.05. The highest BCUT2D eigenvalue weighted by atomic mass is 16.5. The van der Waals surface area contributed by atoms with Gasteiger partial charge in [0.1, 0.15) is 0 Å². The second kappa shape index (κ2) is 5.97. The van der Waals surface area contributed by atoms with Crippen LogP contribution in [-0.4, -0.2) is 24.7 Å². The Labute approximate surface area is 97.2 Å². The van der Waals surface area contributed by atoms with Crippen LogP contribution in [0.1, 0.15) is 37.3 Å². The molecule has 1 aliphatic rings. The topological polar surface area (TPSA) is 34.1 Å². The van der Waals surface area contributed by atoms with Crippen LogP contribution in [0.3, 0.4) is 0 Å². The van der Waals surface area contributed by atoms with E-state index in [1.54, 1.807) is 0 Å². The minimum Gasteiger partial charge on any atom is -0.378 e. The van der Waals surface area contributed by atoms with E-state index < -0.39 is 0 Å². The number of rotatable bonds is 5. The van der Waals surface area contributed by atoms with Crippen molar-refractivity contribution in [1.29, 1.82) is 0 Å². The highest BCUT2D eigenvalue weighted by molar-refractivity contribution is 5.14. The molecule has 1 aliphatic heterocycles. The summed E-state index contributed by atoms with van der Waals surface area (Å²) >= 11 is 0. The highest BCUT2D eigenvalue weighted by Crippen LogP contribution is 2.23. The molecule has 1 aromatic rings. The molecule has 88 valence electrons. The van der Waals surface area contributed by atoms with Crippen LogP contribution in [0.15, 0.2) is 24.5 Å². The summed E-state index contributed by atoms with van der Waals surface area (Å²) in [6, 6.07) is 4.58. The molecule has 0 amide bonds. The Morgan fingerprint density at radius 3 is 2.94 bits per heavy atom. The number of nitrogens with zero attached hydrogens (tertiary/aromatic N) is 1. The van der Waals surface area contributed by atoms with Gasteiger partial charge >= 0.3 is 0 Å². The third-order valence-electron chi connectivity index (χ3n) is 3.26. The van der Waals surface area contributed by atoms with Crippen LogP contribution in [0.25, 0.3) is 0 Å². The smallest absolute Gasteiger partial charge is 0.0576 e. The summed E-state index contributed by atoms with van der Waals surface area (Å²) in [6.45, 7) is 0.949. The Bertz CT molecular complexity index is 296. The number of hydrogen-bond donors (Lipinski definition) is 1. The Hall–Kier alpha value is -0.930. The molecule has 2 rings (SSSR count). The molecule has 16 heavy (non-hydrogen) atoms. The standard InChI is InChI=1S/C13H20N2O/c1-14-13(11-6-8-15-9-7-11)5-4-12-3-2-10-16-12/h6-9,12-14H,2-5,10H2,1H3. The zero-order chi connectivity index (χ0) is 11.2. The maximum Gasteiger partial charge on any atom is 0.0576 e. The molecule has 1 aromatic heterocycles. The normalized spacial score (nSPS) is 22.2. The first-order valence-electron chi connectivity index (χ1n) is 6.09. The van der Waals surface area contributed by atoms with E-state index in [0.717, 1.165) is 19.4 Å². The van der Waals surface area contributed by atoms with E-state index in [1.165, 1.54) is 18.4 Å². The largest absolute Gasteiger partial charge is 0.378 e. The van der Waals surface area contributed by atoms with Gasteiger partial charge in [0.15, 0.2) is 0 Å². The van der Waals surface area contributed by atoms with Crippen molar-refractivity contribution in [2.45, 2.75) is 37.8 Å². The van der Waals surface area contributed by atoms with Crippen LogP contribution < -0.4 is 5.32 Å². The molecule has 0 radical (unpaired) electrons. The monoisotopic (exact) mass is 220 g/mol. The van der Waals surface area contributed by atoms with Crippen LogP contribution in [-0.2, 0) is 4.74 Å². The summed E-state index contributed by atoms with van der Waals surface area (Å²) in [5, 5.41) is 3.36. The van der Waals surface area contributed by atoms with Crippen LogP contribution >= 0.6 is 0 Å². The molecule has 2 heterocycles. The van der Waals surface area contributed by atoms with E-state index in [-0.39, 0.29) is 0 Å². The molecule has 2 atom stereocenters. The fourth-order valence-corrected chi connectivity index (χ4v) is 2.30. The molecule has 0 aromatic carbocycles. The summed E-state index contributed by atoms with van der Waals surface area (Å²) < 4.78 is 5.64. The fraction of sp³-hybridized carbons (Fsp3) is 0.615. The first kappa shape index (κ1) is 11.6. The molecule has 3 nitrogen and oxygen atoms in total.